The fraction of sp³-hybridized carbons (Fsp3) is 0.240. The number of aromatic nitrogens is 4. The molecule has 6 nitrogen and oxygen atoms in total. The summed E-state index contributed by atoms with van der Waals surface area (Å²) in [7, 11) is 2.06. The number of hydrogen-bond donors (Lipinski definition) is 1. The van der Waals surface area contributed by atoms with Crippen molar-refractivity contribution in [1.29, 1.82) is 0 Å². The molecule has 2 aromatic heterocycles. The first-order chi connectivity index (χ1) is 15.4. The molecule has 0 atom stereocenters. The fourth-order valence-corrected chi connectivity index (χ4v) is 3.76. The van der Waals surface area contributed by atoms with Crippen LogP contribution in [0.5, 0.6) is 0 Å². The van der Waals surface area contributed by atoms with Gasteiger partial charge in [-0.25, -0.2) is 14.1 Å². The smallest absolute Gasteiger partial charge is 0.229 e. The minimum absolute atomic E-state index is 0.118. The lowest BCUT2D eigenvalue weighted by atomic mass is 10.1. The number of rotatable bonds is 7. The van der Waals surface area contributed by atoms with Crippen molar-refractivity contribution >= 4 is 11.6 Å². The Bertz CT molecular complexity index is 1200. The maximum Gasteiger partial charge on any atom is 0.229 e. The molecule has 0 saturated heterocycles. The first kappa shape index (κ1) is 21.6. The van der Waals surface area contributed by atoms with Gasteiger partial charge in [0, 0.05) is 30.5 Å². The molecule has 0 spiro atoms. The Balaban J connectivity index is 1.54. The summed E-state index contributed by atoms with van der Waals surface area (Å²) in [6.45, 7) is 7.49. The second-order valence-electron chi connectivity index (χ2n) is 8.21. The van der Waals surface area contributed by atoms with Crippen LogP contribution in [-0.2, 0) is 13.1 Å². The molecule has 0 amide bonds. The van der Waals surface area contributed by atoms with Crippen molar-refractivity contribution in [1.82, 2.24) is 24.6 Å². The molecular formula is C25H27FN6. The van der Waals surface area contributed by atoms with Crippen molar-refractivity contribution in [2.45, 2.75) is 33.9 Å². The van der Waals surface area contributed by atoms with E-state index in [0.29, 0.717) is 12.5 Å². The van der Waals surface area contributed by atoms with E-state index in [9.17, 15) is 4.39 Å². The first-order valence-corrected chi connectivity index (χ1v) is 10.5. The summed E-state index contributed by atoms with van der Waals surface area (Å²) in [6.07, 6.45) is 3.01. The van der Waals surface area contributed by atoms with E-state index < -0.39 is 5.82 Å². The molecule has 0 radical (unpaired) electrons. The molecule has 0 unspecified atom stereocenters. The molecule has 0 aliphatic rings. The number of halogens is 1. The van der Waals surface area contributed by atoms with E-state index >= 15 is 0 Å². The number of nitrogens with one attached hydrogen (secondary N) is 1. The predicted molar refractivity (Wildman–Crippen MR) is 125 cm³/mol. The third-order valence-electron chi connectivity index (χ3n) is 5.16. The van der Waals surface area contributed by atoms with Gasteiger partial charge in [-0.2, -0.15) is 10.1 Å². The van der Waals surface area contributed by atoms with E-state index in [2.05, 4.69) is 50.5 Å². The SMILES string of the molecule is Cc1cc(C)cc(Nc2ncc(F)c(-n3cc(CN(C)Cc4ccccc4)c(C)n3)n2)c1. The maximum atomic E-state index is 14.6. The molecule has 0 aliphatic carbocycles. The summed E-state index contributed by atoms with van der Waals surface area (Å²) < 4.78 is 16.1. The minimum atomic E-state index is -0.525. The molecule has 1 N–H and O–H groups in total. The van der Waals surface area contributed by atoms with Gasteiger partial charge in [-0.1, -0.05) is 36.4 Å². The van der Waals surface area contributed by atoms with Crippen LogP contribution in [0.2, 0.25) is 0 Å². The summed E-state index contributed by atoms with van der Waals surface area (Å²) in [6, 6.07) is 16.4. The van der Waals surface area contributed by atoms with Crippen LogP contribution in [0.15, 0.2) is 60.9 Å². The van der Waals surface area contributed by atoms with Crippen LogP contribution < -0.4 is 5.32 Å². The van der Waals surface area contributed by atoms with Gasteiger partial charge < -0.3 is 5.32 Å². The lowest BCUT2D eigenvalue weighted by molar-refractivity contribution is 0.318. The Morgan fingerprint density at radius 1 is 1.00 bits per heavy atom. The van der Waals surface area contributed by atoms with E-state index in [1.54, 1.807) is 0 Å². The standard InChI is InChI=1S/C25H27FN6/c1-17-10-18(2)12-22(11-17)28-25-27-13-23(26)24(29-25)32-16-21(19(3)30-32)15-31(4)14-20-8-6-5-7-9-20/h5-13,16H,14-15H2,1-4H3,(H,27,28,29). The number of benzene rings is 2. The zero-order valence-corrected chi connectivity index (χ0v) is 18.8. The Hall–Kier alpha value is -3.58. The minimum Gasteiger partial charge on any atom is -0.324 e. The predicted octanol–water partition coefficient (Wildman–Crippen LogP) is 5.10. The van der Waals surface area contributed by atoms with Gasteiger partial charge in [0.1, 0.15) is 0 Å². The van der Waals surface area contributed by atoms with Gasteiger partial charge in [-0.15, -0.1) is 0 Å². The van der Waals surface area contributed by atoms with Crippen LogP contribution in [0.4, 0.5) is 16.0 Å². The Morgan fingerprint density at radius 2 is 1.72 bits per heavy atom. The molecule has 4 aromatic rings. The zero-order chi connectivity index (χ0) is 22.7. The molecular weight excluding hydrogens is 403 g/mol. The Kier molecular flexibility index (Phi) is 6.28. The van der Waals surface area contributed by atoms with E-state index in [-0.39, 0.29) is 5.82 Å². The van der Waals surface area contributed by atoms with Crippen LogP contribution in [0, 0.1) is 26.6 Å². The van der Waals surface area contributed by atoms with Crippen LogP contribution in [0.1, 0.15) is 27.9 Å². The van der Waals surface area contributed by atoms with Crippen molar-refractivity contribution < 1.29 is 4.39 Å². The molecule has 0 aliphatic heterocycles. The highest BCUT2D eigenvalue weighted by Crippen LogP contribution is 2.20. The molecule has 0 fully saturated rings. The average molecular weight is 431 g/mol. The average Bonchev–Trinajstić information content (AvgIpc) is 3.09. The Labute approximate surface area is 187 Å². The largest absolute Gasteiger partial charge is 0.324 e. The van der Waals surface area contributed by atoms with Crippen LogP contribution in [-0.4, -0.2) is 31.7 Å². The van der Waals surface area contributed by atoms with Gasteiger partial charge >= 0.3 is 0 Å². The highest BCUT2D eigenvalue weighted by Gasteiger charge is 2.15. The number of aryl methyl sites for hydroxylation is 3. The summed E-state index contributed by atoms with van der Waals surface area (Å²) in [5, 5.41) is 7.68. The van der Waals surface area contributed by atoms with Gasteiger partial charge in [0.15, 0.2) is 11.6 Å². The topological polar surface area (TPSA) is 58.9 Å². The van der Waals surface area contributed by atoms with Crippen LogP contribution in [0.25, 0.3) is 5.82 Å². The molecule has 0 bridgehead atoms. The third kappa shape index (κ3) is 5.18. The van der Waals surface area contributed by atoms with E-state index in [1.807, 2.05) is 57.3 Å². The van der Waals surface area contributed by atoms with Crippen molar-refractivity contribution in [3.05, 3.63) is 94.7 Å². The highest BCUT2D eigenvalue weighted by molar-refractivity contribution is 5.56. The summed E-state index contributed by atoms with van der Waals surface area (Å²) in [5.74, 6) is -0.0862. The molecule has 4 rings (SSSR count). The maximum absolute atomic E-state index is 14.6. The normalized spacial score (nSPS) is 11.2. The molecule has 2 heterocycles. The quantitative estimate of drug-likeness (QED) is 0.442. The van der Waals surface area contributed by atoms with Crippen molar-refractivity contribution in [2.24, 2.45) is 0 Å². The molecule has 32 heavy (non-hydrogen) atoms. The number of anilines is 2. The summed E-state index contributed by atoms with van der Waals surface area (Å²) in [4.78, 5) is 10.7. The van der Waals surface area contributed by atoms with Crippen LogP contribution >= 0.6 is 0 Å². The third-order valence-corrected chi connectivity index (χ3v) is 5.16. The molecule has 164 valence electrons. The van der Waals surface area contributed by atoms with Crippen molar-refractivity contribution in [3.8, 4) is 5.82 Å². The zero-order valence-electron chi connectivity index (χ0n) is 18.8. The fourth-order valence-electron chi connectivity index (χ4n) is 3.76. The second kappa shape index (κ2) is 9.28. The first-order valence-electron chi connectivity index (χ1n) is 10.5. The highest BCUT2D eigenvalue weighted by atomic mass is 19.1. The van der Waals surface area contributed by atoms with Gasteiger partial charge in [0.05, 0.1) is 11.9 Å². The lowest BCUT2D eigenvalue weighted by Gasteiger charge is -2.16. The van der Waals surface area contributed by atoms with Crippen LogP contribution in [0.3, 0.4) is 0 Å². The molecule has 7 heteroatoms. The number of hydrogen-bond acceptors (Lipinski definition) is 5. The van der Waals surface area contributed by atoms with Gasteiger partial charge in [-0.05, 0) is 56.6 Å². The Morgan fingerprint density at radius 3 is 2.44 bits per heavy atom. The second-order valence-corrected chi connectivity index (χ2v) is 8.21. The number of nitrogens with zero attached hydrogens (tertiary/aromatic N) is 5. The van der Waals surface area contributed by atoms with Crippen molar-refractivity contribution in [2.75, 3.05) is 12.4 Å². The van der Waals surface area contributed by atoms with Gasteiger partial charge in [0.2, 0.25) is 5.95 Å². The lowest BCUT2D eigenvalue weighted by Crippen LogP contribution is -2.17. The molecule has 0 saturated carbocycles. The summed E-state index contributed by atoms with van der Waals surface area (Å²) in [5.41, 5.74) is 6.21. The van der Waals surface area contributed by atoms with E-state index in [0.717, 1.165) is 34.6 Å². The van der Waals surface area contributed by atoms with E-state index in [1.165, 1.54) is 16.4 Å². The van der Waals surface area contributed by atoms with Crippen molar-refractivity contribution in [3.63, 3.8) is 0 Å². The monoisotopic (exact) mass is 430 g/mol. The van der Waals surface area contributed by atoms with Gasteiger partial charge in [0.25, 0.3) is 0 Å². The van der Waals surface area contributed by atoms with E-state index in [4.69, 9.17) is 0 Å². The molecule has 2 aromatic carbocycles. The summed E-state index contributed by atoms with van der Waals surface area (Å²) >= 11 is 0. The van der Waals surface area contributed by atoms with Gasteiger partial charge in [-0.3, -0.25) is 4.90 Å².